The molecule has 7 nitrogen and oxygen atoms in total. The van der Waals surface area contributed by atoms with Crippen LogP contribution in [0, 0.1) is 0 Å². The summed E-state index contributed by atoms with van der Waals surface area (Å²) in [5, 5.41) is 6.83. The molecule has 168 valence electrons. The fraction of sp³-hybridized carbons (Fsp3) is 0.217. The highest BCUT2D eigenvalue weighted by Gasteiger charge is 2.18. The molecule has 1 aliphatic carbocycles. The van der Waals surface area contributed by atoms with Gasteiger partial charge in [0.05, 0.1) is 0 Å². The summed E-state index contributed by atoms with van der Waals surface area (Å²) >= 11 is 0.998. The first-order chi connectivity index (χ1) is 16.0. The fourth-order valence-corrected chi connectivity index (χ4v) is 4.33. The molecular formula is C23H18F2N4O3S. The number of anilines is 1. The maximum Gasteiger partial charge on any atom is 0.387 e. The van der Waals surface area contributed by atoms with Crippen LogP contribution in [0.25, 0.3) is 22.7 Å². The number of rotatable bonds is 6. The number of fused-ring (bicyclic) bond motifs is 1. The van der Waals surface area contributed by atoms with Gasteiger partial charge in [0.15, 0.2) is 17.3 Å². The number of aromatic nitrogens is 3. The number of carbonyl (C=O) groups is 1. The summed E-state index contributed by atoms with van der Waals surface area (Å²) in [6, 6.07) is 13.7. The molecule has 10 heteroatoms. The lowest BCUT2D eigenvalue weighted by Gasteiger charge is -2.15. The molecule has 4 aromatic rings. The molecule has 2 heterocycles. The number of benzene rings is 2. The van der Waals surface area contributed by atoms with Crippen molar-refractivity contribution in [3.05, 3.63) is 65.4 Å². The van der Waals surface area contributed by atoms with Crippen molar-refractivity contribution in [2.45, 2.75) is 32.3 Å². The first-order valence-corrected chi connectivity index (χ1v) is 11.1. The van der Waals surface area contributed by atoms with E-state index >= 15 is 0 Å². The predicted octanol–water partition coefficient (Wildman–Crippen LogP) is 5.59. The van der Waals surface area contributed by atoms with Crippen molar-refractivity contribution in [1.29, 1.82) is 0 Å². The molecule has 1 amide bonds. The highest BCUT2D eigenvalue weighted by atomic mass is 32.1. The van der Waals surface area contributed by atoms with Crippen LogP contribution in [0.5, 0.6) is 5.75 Å². The van der Waals surface area contributed by atoms with E-state index in [9.17, 15) is 13.6 Å². The zero-order valence-corrected chi connectivity index (χ0v) is 18.1. The number of amides is 1. The topological polar surface area (TPSA) is 90.1 Å². The Morgan fingerprint density at radius 2 is 1.79 bits per heavy atom. The molecule has 0 saturated heterocycles. The molecule has 33 heavy (non-hydrogen) atoms. The van der Waals surface area contributed by atoms with E-state index in [0.717, 1.165) is 29.9 Å². The van der Waals surface area contributed by atoms with Crippen LogP contribution in [-0.4, -0.2) is 27.0 Å². The summed E-state index contributed by atoms with van der Waals surface area (Å²) in [5.74, 6) is 0.455. The molecule has 2 aromatic carbocycles. The maximum atomic E-state index is 12.6. The Kier molecular flexibility index (Phi) is 5.82. The van der Waals surface area contributed by atoms with Crippen molar-refractivity contribution in [3.8, 4) is 28.5 Å². The molecule has 0 unspecified atom stereocenters. The van der Waals surface area contributed by atoms with Crippen LogP contribution in [0.15, 0.2) is 53.1 Å². The number of carbonyl (C=O) groups excluding carboxylic acids is 1. The van der Waals surface area contributed by atoms with Crippen molar-refractivity contribution < 1.29 is 22.8 Å². The molecule has 1 N–H and O–H groups in total. The molecule has 0 bridgehead atoms. The van der Waals surface area contributed by atoms with Gasteiger partial charge in [-0.2, -0.15) is 18.1 Å². The van der Waals surface area contributed by atoms with Crippen molar-refractivity contribution in [3.63, 3.8) is 0 Å². The van der Waals surface area contributed by atoms with Crippen LogP contribution in [-0.2, 0) is 12.8 Å². The minimum Gasteiger partial charge on any atom is -0.435 e. The Hall–Kier alpha value is -3.66. The molecule has 0 saturated carbocycles. The molecular weight excluding hydrogens is 450 g/mol. The number of nitrogens with one attached hydrogen (secondary N) is 1. The summed E-state index contributed by atoms with van der Waals surface area (Å²) in [4.78, 5) is 16.9. The van der Waals surface area contributed by atoms with E-state index in [-0.39, 0.29) is 16.6 Å². The first-order valence-electron chi connectivity index (χ1n) is 10.3. The first kappa shape index (κ1) is 21.2. The van der Waals surface area contributed by atoms with Crippen LogP contribution in [0.1, 0.15) is 34.5 Å². The van der Waals surface area contributed by atoms with E-state index < -0.39 is 12.5 Å². The van der Waals surface area contributed by atoms with E-state index in [1.165, 1.54) is 36.1 Å². The Morgan fingerprint density at radius 3 is 2.58 bits per heavy atom. The second-order valence-electron chi connectivity index (χ2n) is 7.55. The van der Waals surface area contributed by atoms with Crippen LogP contribution in [0.4, 0.5) is 13.9 Å². The molecule has 0 fully saturated rings. The van der Waals surface area contributed by atoms with Gasteiger partial charge in [-0.3, -0.25) is 10.1 Å². The number of alkyl halides is 2. The average molecular weight is 468 g/mol. The number of hydrogen-bond acceptors (Lipinski definition) is 7. The normalized spacial score (nSPS) is 13.1. The molecule has 2 aromatic heterocycles. The summed E-state index contributed by atoms with van der Waals surface area (Å²) in [6.07, 6.45) is 4.53. The second kappa shape index (κ2) is 9.07. The maximum absolute atomic E-state index is 12.6. The van der Waals surface area contributed by atoms with Gasteiger partial charge >= 0.3 is 6.61 Å². The van der Waals surface area contributed by atoms with Gasteiger partial charge in [0.25, 0.3) is 5.91 Å². The lowest BCUT2D eigenvalue weighted by atomic mass is 9.90. The summed E-state index contributed by atoms with van der Waals surface area (Å²) in [6.45, 7) is -2.89. The molecule has 0 radical (unpaired) electrons. The summed E-state index contributed by atoms with van der Waals surface area (Å²) in [5.41, 5.74) is 4.30. The summed E-state index contributed by atoms with van der Waals surface area (Å²) in [7, 11) is 0. The quantitative estimate of drug-likeness (QED) is 0.397. The SMILES string of the molecule is O=C(Nc1nc(-c2ccc(OC(F)F)cc2)ns1)c1cc(-c2ccc3c(c2)CCCC3)on1. The minimum absolute atomic E-state index is 0.0401. The lowest BCUT2D eigenvalue weighted by molar-refractivity contribution is -0.0498. The van der Waals surface area contributed by atoms with E-state index in [2.05, 4.69) is 36.7 Å². The van der Waals surface area contributed by atoms with Crippen molar-refractivity contribution in [2.24, 2.45) is 0 Å². The van der Waals surface area contributed by atoms with Crippen LogP contribution < -0.4 is 10.1 Å². The Balaban J connectivity index is 1.26. The van der Waals surface area contributed by atoms with Gasteiger partial charge < -0.3 is 9.26 Å². The van der Waals surface area contributed by atoms with E-state index in [1.54, 1.807) is 18.2 Å². The predicted molar refractivity (Wildman–Crippen MR) is 119 cm³/mol. The van der Waals surface area contributed by atoms with Crippen molar-refractivity contribution in [1.82, 2.24) is 14.5 Å². The van der Waals surface area contributed by atoms with E-state index in [0.29, 0.717) is 17.1 Å². The van der Waals surface area contributed by atoms with Gasteiger partial charge in [-0.1, -0.05) is 17.3 Å². The zero-order chi connectivity index (χ0) is 22.8. The smallest absolute Gasteiger partial charge is 0.387 e. The minimum atomic E-state index is -2.89. The highest BCUT2D eigenvalue weighted by molar-refractivity contribution is 7.10. The number of aryl methyl sites for hydroxylation is 2. The average Bonchev–Trinajstić information content (AvgIpc) is 3.49. The lowest BCUT2D eigenvalue weighted by Crippen LogP contribution is -2.11. The molecule has 5 rings (SSSR count). The molecule has 0 aliphatic heterocycles. The van der Waals surface area contributed by atoms with Gasteiger partial charge in [-0.05, 0) is 67.1 Å². The van der Waals surface area contributed by atoms with Gasteiger partial charge in [-0.15, -0.1) is 0 Å². The third-order valence-electron chi connectivity index (χ3n) is 5.36. The largest absolute Gasteiger partial charge is 0.435 e. The van der Waals surface area contributed by atoms with Gasteiger partial charge in [0.2, 0.25) is 5.13 Å². The van der Waals surface area contributed by atoms with Gasteiger partial charge in [0, 0.05) is 28.7 Å². The van der Waals surface area contributed by atoms with Crippen LogP contribution in [0.2, 0.25) is 0 Å². The number of nitrogens with zero attached hydrogens (tertiary/aromatic N) is 3. The zero-order valence-electron chi connectivity index (χ0n) is 17.3. The van der Waals surface area contributed by atoms with Gasteiger partial charge in [-0.25, -0.2) is 0 Å². The van der Waals surface area contributed by atoms with Crippen LogP contribution in [0.3, 0.4) is 0 Å². The van der Waals surface area contributed by atoms with E-state index in [1.807, 2.05) is 6.07 Å². The van der Waals surface area contributed by atoms with Crippen molar-refractivity contribution >= 4 is 22.6 Å². The third-order valence-corrected chi connectivity index (χ3v) is 5.99. The molecule has 0 spiro atoms. The Labute approximate surface area is 191 Å². The van der Waals surface area contributed by atoms with Crippen LogP contribution >= 0.6 is 11.5 Å². The number of halogens is 2. The second-order valence-corrected chi connectivity index (χ2v) is 8.30. The molecule has 1 aliphatic rings. The molecule has 0 atom stereocenters. The Bertz CT molecular complexity index is 1290. The fourth-order valence-electron chi connectivity index (χ4n) is 3.74. The summed E-state index contributed by atoms with van der Waals surface area (Å²) < 4.78 is 38.5. The third kappa shape index (κ3) is 4.75. The van der Waals surface area contributed by atoms with Gasteiger partial charge in [0.1, 0.15) is 5.75 Å². The monoisotopic (exact) mass is 468 g/mol. The number of ether oxygens (including phenoxy) is 1. The Morgan fingerprint density at radius 1 is 1.03 bits per heavy atom. The standard InChI is InChI=1S/C23H18F2N4O3S/c24-22(25)31-17-9-7-14(8-10-17)20-26-23(33-29-20)27-21(30)18-12-19(32-28-18)16-6-5-13-3-1-2-4-15(13)11-16/h5-12,22H,1-4H2,(H,26,27,29,30). The number of hydrogen-bond donors (Lipinski definition) is 1. The highest BCUT2D eigenvalue weighted by Crippen LogP contribution is 2.28. The van der Waals surface area contributed by atoms with E-state index in [4.69, 9.17) is 4.52 Å². The van der Waals surface area contributed by atoms with Crippen molar-refractivity contribution in [2.75, 3.05) is 5.32 Å².